The second kappa shape index (κ2) is 8.69. The number of nitrogens with one attached hydrogen (secondary N) is 1. The van der Waals surface area contributed by atoms with Crippen molar-refractivity contribution in [3.63, 3.8) is 0 Å². The van der Waals surface area contributed by atoms with Crippen LogP contribution in [0.5, 0.6) is 17.2 Å². The Balaban J connectivity index is 2.12. The monoisotopic (exact) mass is 383 g/mol. The number of carboxylic acid groups (broad SMARTS) is 1. The summed E-state index contributed by atoms with van der Waals surface area (Å²) in [6.45, 7) is 2.75. The van der Waals surface area contributed by atoms with E-state index in [0.29, 0.717) is 23.7 Å². The number of ether oxygens (including phenoxy) is 3. The maximum atomic E-state index is 11.5. The van der Waals surface area contributed by atoms with Gasteiger partial charge in [-0.15, -0.1) is 0 Å². The Bertz CT molecular complexity index is 976. The average molecular weight is 383 g/mol. The number of H-pyrrole nitrogens is 1. The Labute approximate surface area is 164 Å². The normalized spacial score (nSPS) is 10.8. The summed E-state index contributed by atoms with van der Waals surface area (Å²) in [5.41, 5.74) is 3.06. The first-order valence-electron chi connectivity index (χ1n) is 9.29. The molecule has 0 spiro atoms. The lowest BCUT2D eigenvalue weighted by Gasteiger charge is -2.11. The molecule has 6 nitrogen and oxygen atoms in total. The summed E-state index contributed by atoms with van der Waals surface area (Å²) in [4.78, 5) is 14.9. The molecule has 6 heteroatoms. The number of fused-ring (bicyclic) bond motifs is 1. The number of aliphatic carboxylic acids is 1. The van der Waals surface area contributed by atoms with Gasteiger partial charge in [0, 0.05) is 22.5 Å². The van der Waals surface area contributed by atoms with E-state index in [1.54, 1.807) is 20.3 Å². The fourth-order valence-electron chi connectivity index (χ4n) is 3.22. The fraction of sp³-hybridized carbons (Fsp3) is 0.318. The molecule has 3 rings (SSSR count). The Hall–Kier alpha value is -3.15. The van der Waals surface area contributed by atoms with E-state index in [4.69, 9.17) is 14.2 Å². The molecule has 0 saturated carbocycles. The van der Waals surface area contributed by atoms with Crippen molar-refractivity contribution in [3.05, 3.63) is 42.0 Å². The third-order valence-corrected chi connectivity index (χ3v) is 4.65. The van der Waals surface area contributed by atoms with E-state index in [-0.39, 0.29) is 6.42 Å². The zero-order valence-electron chi connectivity index (χ0n) is 16.4. The fourth-order valence-corrected chi connectivity index (χ4v) is 3.22. The first kappa shape index (κ1) is 19.6. The van der Waals surface area contributed by atoms with Crippen LogP contribution in [0.2, 0.25) is 0 Å². The molecule has 0 amide bonds. The van der Waals surface area contributed by atoms with Gasteiger partial charge < -0.3 is 24.3 Å². The van der Waals surface area contributed by atoms with E-state index in [1.807, 2.05) is 30.3 Å². The number of rotatable bonds is 9. The molecule has 0 radical (unpaired) electrons. The molecule has 28 heavy (non-hydrogen) atoms. The van der Waals surface area contributed by atoms with Gasteiger partial charge in [0.05, 0.1) is 32.9 Å². The molecule has 0 fully saturated rings. The van der Waals surface area contributed by atoms with Crippen molar-refractivity contribution >= 4 is 16.9 Å². The molecule has 2 aromatic carbocycles. The lowest BCUT2D eigenvalue weighted by molar-refractivity contribution is -0.136. The summed E-state index contributed by atoms with van der Waals surface area (Å²) >= 11 is 0. The maximum absolute atomic E-state index is 11.5. The van der Waals surface area contributed by atoms with Crippen LogP contribution in [0.1, 0.15) is 25.3 Å². The van der Waals surface area contributed by atoms with Crippen LogP contribution in [0.4, 0.5) is 0 Å². The van der Waals surface area contributed by atoms with E-state index in [0.717, 1.165) is 40.8 Å². The molecule has 0 unspecified atom stereocenters. The first-order valence-corrected chi connectivity index (χ1v) is 9.29. The van der Waals surface area contributed by atoms with Gasteiger partial charge in [0.15, 0.2) is 0 Å². The third-order valence-electron chi connectivity index (χ3n) is 4.65. The highest BCUT2D eigenvalue weighted by Crippen LogP contribution is 2.38. The second-order valence-electron chi connectivity index (χ2n) is 6.52. The predicted molar refractivity (Wildman–Crippen MR) is 109 cm³/mol. The van der Waals surface area contributed by atoms with Crippen LogP contribution in [0.25, 0.3) is 22.2 Å². The standard InChI is InChI=1S/C22H25NO5/c1-4-5-10-28-15-7-9-19-17(11-15)18(13-21(24)25)22(23-19)16-8-6-14(26-2)12-20(16)27-3/h6-9,11-12,23H,4-5,10,13H2,1-3H3,(H,24,25). The van der Waals surface area contributed by atoms with Crippen LogP contribution in [0.15, 0.2) is 36.4 Å². The van der Waals surface area contributed by atoms with Crippen LogP contribution in [-0.2, 0) is 11.2 Å². The molecule has 0 aliphatic heterocycles. The van der Waals surface area contributed by atoms with Crippen molar-refractivity contribution in [2.24, 2.45) is 0 Å². The smallest absolute Gasteiger partial charge is 0.307 e. The van der Waals surface area contributed by atoms with Gasteiger partial charge in [-0.05, 0) is 42.3 Å². The Morgan fingerprint density at radius 3 is 2.54 bits per heavy atom. The Morgan fingerprint density at radius 1 is 1.07 bits per heavy atom. The SMILES string of the molecule is CCCCOc1ccc2[nH]c(-c3ccc(OC)cc3OC)c(CC(=O)O)c2c1. The molecule has 0 aliphatic rings. The van der Waals surface area contributed by atoms with Gasteiger partial charge in [-0.1, -0.05) is 13.3 Å². The van der Waals surface area contributed by atoms with Gasteiger partial charge in [0.1, 0.15) is 17.2 Å². The molecule has 0 bridgehead atoms. The predicted octanol–water partition coefficient (Wildman–Crippen LogP) is 4.66. The summed E-state index contributed by atoms with van der Waals surface area (Å²) in [6, 6.07) is 11.2. The molecule has 0 saturated heterocycles. The lowest BCUT2D eigenvalue weighted by Crippen LogP contribution is -2.02. The summed E-state index contributed by atoms with van der Waals surface area (Å²) in [5, 5.41) is 10.3. The average Bonchev–Trinajstić information content (AvgIpc) is 3.04. The quantitative estimate of drug-likeness (QED) is 0.525. The number of carboxylic acids is 1. The molecule has 3 aromatic rings. The number of carbonyl (C=O) groups is 1. The number of aromatic nitrogens is 1. The van der Waals surface area contributed by atoms with E-state index in [9.17, 15) is 9.90 Å². The highest BCUT2D eigenvalue weighted by Gasteiger charge is 2.19. The molecule has 0 atom stereocenters. The van der Waals surface area contributed by atoms with Crippen LogP contribution in [0.3, 0.4) is 0 Å². The number of hydrogen-bond acceptors (Lipinski definition) is 4. The third kappa shape index (κ3) is 4.06. The maximum Gasteiger partial charge on any atom is 0.307 e. The minimum absolute atomic E-state index is 0.108. The molecular weight excluding hydrogens is 358 g/mol. The van der Waals surface area contributed by atoms with Crippen molar-refractivity contribution in [3.8, 4) is 28.5 Å². The van der Waals surface area contributed by atoms with Crippen LogP contribution in [-0.4, -0.2) is 36.9 Å². The number of methoxy groups -OCH3 is 2. The minimum atomic E-state index is -0.896. The van der Waals surface area contributed by atoms with E-state index < -0.39 is 5.97 Å². The van der Waals surface area contributed by atoms with Crippen molar-refractivity contribution in [1.82, 2.24) is 4.98 Å². The lowest BCUT2D eigenvalue weighted by atomic mass is 10.0. The van der Waals surface area contributed by atoms with E-state index >= 15 is 0 Å². The van der Waals surface area contributed by atoms with Crippen molar-refractivity contribution in [1.29, 1.82) is 0 Å². The van der Waals surface area contributed by atoms with Crippen molar-refractivity contribution in [2.75, 3.05) is 20.8 Å². The van der Waals surface area contributed by atoms with Gasteiger partial charge in [-0.2, -0.15) is 0 Å². The van der Waals surface area contributed by atoms with E-state index in [1.165, 1.54) is 0 Å². The van der Waals surface area contributed by atoms with Crippen LogP contribution >= 0.6 is 0 Å². The summed E-state index contributed by atoms with van der Waals surface area (Å²) in [7, 11) is 3.17. The topological polar surface area (TPSA) is 80.8 Å². The summed E-state index contributed by atoms with van der Waals surface area (Å²) in [6.07, 6.45) is 1.92. The van der Waals surface area contributed by atoms with Crippen molar-refractivity contribution < 1.29 is 24.1 Å². The Morgan fingerprint density at radius 2 is 1.86 bits per heavy atom. The number of benzene rings is 2. The summed E-state index contributed by atoms with van der Waals surface area (Å²) in [5.74, 6) is 1.12. The molecular formula is C22H25NO5. The largest absolute Gasteiger partial charge is 0.497 e. The van der Waals surface area contributed by atoms with Gasteiger partial charge in [-0.3, -0.25) is 4.79 Å². The zero-order valence-corrected chi connectivity index (χ0v) is 16.4. The second-order valence-corrected chi connectivity index (χ2v) is 6.52. The van der Waals surface area contributed by atoms with Crippen molar-refractivity contribution in [2.45, 2.75) is 26.2 Å². The highest BCUT2D eigenvalue weighted by molar-refractivity contribution is 5.95. The molecule has 0 aliphatic carbocycles. The van der Waals surface area contributed by atoms with Gasteiger partial charge >= 0.3 is 5.97 Å². The van der Waals surface area contributed by atoms with Crippen LogP contribution < -0.4 is 14.2 Å². The first-order chi connectivity index (χ1) is 13.6. The zero-order chi connectivity index (χ0) is 20.1. The van der Waals surface area contributed by atoms with Crippen LogP contribution in [0, 0.1) is 0 Å². The number of aromatic amines is 1. The summed E-state index contributed by atoms with van der Waals surface area (Å²) < 4.78 is 16.6. The molecule has 2 N–H and O–H groups in total. The molecule has 148 valence electrons. The van der Waals surface area contributed by atoms with Gasteiger partial charge in [-0.25, -0.2) is 0 Å². The molecule has 1 heterocycles. The van der Waals surface area contributed by atoms with E-state index in [2.05, 4.69) is 11.9 Å². The highest BCUT2D eigenvalue weighted by atomic mass is 16.5. The van der Waals surface area contributed by atoms with Gasteiger partial charge in [0.25, 0.3) is 0 Å². The number of unbranched alkanes of at least 4 members (excludes halogenated alkanes) is 1. The number of hydrogen-bond donors (Lipinski definition) is 2. The molecule has 1 aromatic heterocycles. The minimum Gasteiger partial charge on any atom is -0.497 e. The Kier molecular flexibility index (Phi) is 6.09. The van der Waals surface area contributed by atoms with Gasteiger partial charge in [0.2, 0.25) is 0 Å².